The lowest BCUT2D eigenvalue weighted by Gasteiger charge is -2.37. The Balaban J connectivity index is 1.52. The number of phenolic OH excluding ortho intramolecular Hbond substituents is 1. The van der Waals surface area contributed by atoms with E-state index in [9.17, 15) is 5.11 Å². The lowest BCUT2D eigenvalue weighted by Crippen LogP contribution is -2.47. The predicted molar refractivity (Wildman–Crippen MR) is 96.4 cm³/mol. The zero-order chi connectivity index (χ0) is 16.2. The summed E-state index contributed by atoms with van der Waals surface area (Å²) in [4.78, 5) is 5.05. The standard InChI is InChI=1S/C20H26N2O/c1-16-4-3-5-20(17(16)2)22-14-12-21(13-15-22)11-10-18-6-8-19(23)9-7-18/h3-9,23H,10-15H2,1-2H3. The molecule has 1 N–H and O–H groups in total. The number of rotatable bonds is 4. The van der Waals surface area contributed by atoms with E-state index in [4.69, 9.17) is 0 Å². The number of anilines is 1. The number of hydrogen-bond acceptors (Lipinski definition) is 3. The summed E-state index contributed by atoms with van der Waals surface area (Å²) in [5.41, 5.74) is 5.46. The highest BCUT2D eigenvalue weighted by Gasteiger charge is 2.18. The van der Waals surface area contributed by atoms with Crippen molar-refractivity contribution in [2.24, 2.45) is 0 Å². The maximum Gasteiger partial charge on any atom is 0.115 e. The molecule has 3 nitrogen and oxygen atoms in total. The van der Waals surface area contributed by atoms with Crippen LogP contribution in [-0.4, -0.2) is 42.7 Å². The molecule has 1 saturated heterocycles. The van der Waals surface area contributed by atoms with Gasteiger partial charge in [0.25, 0.3) is 0 Å². The van der Waals surface area contributed by atoms with Crippen LogP contribution in [0.2, 0.25) is 0 Å². The van der Waals surface area contributed by atoms with Crippen molar-refractivity contribution in [2.45, 2.75) is 20.3 Å². The number of benzene rings is 2. The molecule has 3 heteroatoms. The molecule has 0 atom stereocenters. The minimum atomic E-state index is 0.343. The second kappa shape index (κ2) is 7.05. The van der Waals surface area contributed by atoms with Gasteiger partial charge < -0.3 is 10.0 Å². The molecule has 2 aromatic rings. The van der Waals surface area contributed by atoms with Crippen LogP contribution in [-0.2, 0) is 6.42 Å². The molecule has 0 spiro atoms. The maximum atomic E-state index is 9.34. The summed E-state index contributed by atoms with van der Waals surface area (Å²) in [5, 5.41) is 9.34. The highest BCUT2D eigenvalue weighted by Crippen LogP contribution is 2.23. The van der Waals surface area contributed by atoms with Gasteiger partial charge in [-0.15, -0.1) is 0 Å². The van der Waals surface area contributed by atoms with Crippen molar-refractivity contribution in [1.29, 1.82) is 0 Å². The normalized spacial score (nSPS) is 15.8. The molecule has 0 aromatic heterocycles. The van der Waals surface area contributed by atoms with Crippen LogP contribution in [0, 0.1) is 13.8 Å². The Labute approximate surface area is 139 Å². The Bertz CT molecular complexity index is 643. The summed E-state index contributed by atoms with van der Waals surface area (Å²) >= 11 is 0. The number of hydrogen-bond donors (Lipinski definition) is 1. The number of piperazine rings is 1. The van der Waals surface area contributed by atoms with Crippen molar-refractivity contribution in [3.63, 3.8) is 0 Å². The van der Waals surface area contributed by atoms with E-state index >= 15 is 0 Å². The molecule has 0 radical (unpaired) electrons. The summed E-state index contributed by atoms with van der Waals surface area (Å²) in [6.07, 6.45) is 1.05. The van der Waals surface area contributed by atoms with Gasteiger partial charge in [-0.25, -0.2) is 0 Å². The van der Waals surface area contributed by atoms with Crippen molar-refractivity contribution >= 4 is 5.69 Å². The summed E-state index contributed by atoms with van der Waals surface area (Å²) in [6.45, 7) is 9.93. The largest absolute Gasteiger partial charge is 0.508 e. The highest BCUT2D eigenvalue weighted by molar-refractivity contribution is 5.56. The minimum Gasteiger partial charge on any atom is -0.508 e. The maximum absolute atomic E-state index is 9.34. The van der Waals surface area contributed by atoms with Crippen LogP contribution >= 0.6 is 0 Å². The monoisotopic (exact) mass is 310 g/mol. The molecule has 1 aliphatic rings. The molecule has 1 fully saturated rings. The SMILES string of the molecule is Cc1cccc(N2CCN(CCc3ccc(O)cc3)CC2)c1C. The van der Waals surface area contributed by atoms with Gasteiger partial charge in [-0.1, -0.05) is 24.3 Å². The molecule has 0 unspecified atom stereocenters. The van der Waals surface area contributed by atoms with Gasteiger partial charge in [-0.3, -0.25) is 4.90 Å². The first-order valence-electron chi connectivity index (χ1n) is 8.45. The van der Waals surface area contributed by atoms with Gasteiger partial charge in [0.2, 0.25) is 0 Å². The van der Waals surface area contributed by atoms with E-state index in [1.807, 2.05) is 12.1 Å². The number of phenols is 1. The van der Waals surface area contributed by atoms with E-state index in [1.165, 1.54) is 22.4 Å². The predicted octanol–water partition coefficient (Wildman–Crippen LogP) is 3.37. The van der Waals surface area contributed by atoms with Crippen molar-refractivity contribution in [3.05, 3.63) is 59.2 Å². The van der Waals surface area contributed by atoms with Crippen LogP contribution in [0.1, 0.15) is 16.7 Å². The molecule has 0 aliphatic carbocycles. The average molecular weight is 310 g/mol. The van der Waals surface area contributed by atoms with Gasteiger partial charge in [-0.05, 0) is 55.2 Å². The second-order valence-corrected chi connectivity index (χ2v) is 6.46. The smallest absolute Gasteiger partial charge is 0.115 e. The lowest BCUT2D eigenvalue weighted by atomic mass is 10.1. The van der Waals surface area contributed by atoms with Crippen molar-refractivity contribution < 1.29 is 5.11 Å². The highest BCUT2D eigenvalue weighted by atomic mass is 16.3. The van der Waals surface area contributed by atoms with Gasteiger partial charge in [0.05, 0.1) is 0 Å². The van der Waals surface area contributed by atoms with E-state index in [2.05, 4.69) is 41.8 Å². The van der Waals surface area contributed by atoms with Gasteiger partial charge >= 0.3 is 0 Å². The van der Waals surface area contributed by atoms with Crippen molar-refractivity contribution in [2.75, 3.05) is 37.6 Å². The quantitative estimate of drug-likeness (QED) is 0.938. The van der Waals surface area contributed by atoms with Crippen LogP contribution in [0.3, 0.4) is 0 Å². The molecule has 1 aliphatic heterocycles. The van der Waals surface area contributed by atoms with Crippen LogP contribution < -0.4 is 4.90 Å². The number of aromatic hydroxyl groups is 1. The van der Waals surface area contributed by atoms with Crippen molar-refractivity contribution in [3.8, 4) is 5.75 Å². The Morgan fingerprint density at radius 2 is 1.61 bits per heavy atom. The summed E-state index contributed by atoms with van der Waals surface area (Å²) in [5.74, 6) is 0.343. The number of nitrogens with zero attached hydrogens (tertiary/aromatic N) is 2. The molecular formula is C20H26N2O. The lowest BCUT2D eigenvalue weighted by molar-refractivity contribution is 0.261. The molecule has 23 heavy (non-hydrogen) atoms. The third-order valence-electron chi connectivity index (χ3n) is 4.94. The van der Waals surface area contributed by atoms with E-state index in [0.717, 1.165) is 39.1 Å². The molecule has 2 aromatic carbocycles. The Kier molecular flexibility index (Phi) is 4.87. The molecule has 122 valence electrons. The average Bonchev–Trinajstić information content (AvgIpc) is 2.57. The van der Waals surface area contributed by atoms with Crippen LogP contribution in [0.25, 0.3) is 0 Å². The Morgan fingerprint density at radius 1 is 0.913 bits per heavy atom. The summed E-state index contributed by atoms with van der Waals surface area (Å²) in [7, 11) is 0. The third kappa shape index (κ3) is 3.85. The molecule has 0 saturated carbocycles. The minimum absolute atomic E-state index is 0.343. The van der Waals surface area contributed by atoms with E-state index in [-0.39, 0.29) is 0 Å². The van der Waals surface area contributed by atoms with Crippen LogP contribution in [0.4, 0.5) is 5.69 Å². The first-order chi connectivity index (χ1) is 11.1. The van der Waals surface area contributed by atoms with Crippen molar-refractivity contribution in [1.82, 2.24) is 4.90 Å². The number of aryl methyl sites for hydroxylation is 1. The summed E-state index contributed by atoms with van der Waals surface area (Å²) < 4.78 is 0. The van der Waals surface area contributed by atoms with E-state index in [0.29, 0.717) is 5.75 Å². The second-order valence-electron chi connectivity index (χ2n) is 6.46. The fourth-order valence-corrected chi connectivity index (χ4v) is 3.24. The zero-order valence-electron chi connectivity index (χ0n) is 14.1. The van der Waals surface area contributed by atoms with Gasteiger partial charge in [0.1, 0.15) is 5.75 Å². The first kappa shape index (κ1) is 15.9. The molecule has 1 heterocycles. The Morgan fingerprint density at radius 3 is 2.30 bits per heavy atom. The van der Waals surface area contributed by atoms with E-state index < -0.39 is 0 Å². The van der Waals surface area contributed by atoms with Gasteiger partial charge in [-0.2, -0.15) is 0 Å². The van der Waals surface area contributed by atoms with Gasteiger partial charge in [0, 0.05) is 38.4 Å². The zero-order valence-corrected chi connectivity index (χ0v) is 14.1. The fraction of sp³-hybridized carbons (Fsp3) is 0.400. The molecule has 0 amide bonds. The van der Waals surface area contributed by atoms with Crippen LogP contribution in [0.15, 0.2) is 42.5 Å². The topological polar surface area (TPSA) is 26.7 Å². The molecule has 0 bridgehead atoms. The third-order valence-corrected chi connectivity index (χ3v) is 4.94. The van der Waals surface area contributed by atoms with Gasteiger partial charge in [0.15, 0.2) is 0 Å². The first-order valence-corrected chi connectivity index (χ1v) is 8.45. The molecular weight excluding hydrogens is 284 g/mol. The van der Waals surface area contributed by atoms with E-state index in [1.54, 1.807) is 12.1 Å². The summed E-state index contributed by atoms with van der Waals surface area (Å²) in [6, 6.07) is 14.2. The molecule has 3 rings (SSSR count). The van der Waals surface area contributed by atoms with Crippen LogP contribution in [0.5, 0.6) is 5.75 Å². The fourth-order valence-electron chi connectivity index (χ4n) is 3.24. The Hall–Kier alpha value is -2.00.